The van der Waals surface area contributed by atoms with E-state index >= 15 is 0 Å². The summed E-state index contributed by atoms with van der Waals surface area (Å²) >= 11 is 6.22. The topological polar surface area (TPSA) is 99.2 Å². The number of pyridine rings is 1. The first kappa shape index (κ1) is 21.2. The molecule has 0 bridgehead atoms. The molecule has 4 rings (SSSR count). The molecule has 1 aromatic carbocycles. The standard InChI is InChI=1S/C21H22ClN3O6/c1-28-15-4-2-3-14(8-15)25-11-17(31-21(25)27)10-23-19(26)13-7-18(22)20(24-9-13)30-16-5-6-29-12-16/h2-4,7-9,16-17H,5-6,10-12H2,1H3,(H,23,26). The lowest BCUT2D eigenvalue weighted by atomic mass is 10.2. The highest BCUT2D eigenvalue weighted by atomic mass is 35.5. The summed E-state index contributed by atoms with van der Waals surface area (Å²) in [5, 5.41) is 3.00. The van der Waals surface area contributed by atoms with Crippen molar-refractivity contribution in [2.75, 3.05) is 38.3 Å². The van der Waals surface area contributed by atoms with Crippen molar-refractivity contribution >= 4 is 29.3 Å². The third kappa shape index (κ3) is 5.00. The molecular weight excluding hydrogens is 426 g/mol. The van der Waals surface area contributed by atoms with Crippen LogP contribution in [0.25, 0.3) is 0 Å². The summed E-state index contributed by atoms with van der Waals surface area (Å²) in [5.41, 5.74) is 0.950. The number of aromatic nitrogens is 1. The van der Waals surface area contributed by atoms with E-state index in [0.717, 1.165) is 6.42 Å². The lowest BCUT2D eigenvalue weighted by Crippen LogP contribution is -2.34. The molecule has 2 fully saturated rings. The van der Waals surface area contributed by atoms with Crippen LogP contribution in [-0.2, 0) is 9.47 Å². The first-order valence-corrected chi connectivity index (χ1v) is 10.2. The number of hydrogen-bond donors (Lipinski definition) is 1. The molecule has 2 atom stereocenters. The van der Waals surface area contributed by atoms with Crippen LogP contribution in [-0.4, -0.2) is 62.6 Å². The fourth-order valence-electron chi connectivity index (χ4n) is 3.33. The Morgan fingerprint density at radius 1 is 1.39 bits per heavy atom. The number of cyclic esters (lactones) is 1. The lowest BCUT2D eigenvalue weighted by Gasteiger charge is -2.14. The molecule has 0 radical (unpaired) electrons. The molecule has 2 aromatic rings. The van der Waals surface area contributed by atoms with Crippen molar-refractivity contribution in [2.24, 2.45) is 0 Å². The van der Waals surface area contributed by atoms with Crippen LogP contribution in [0.2, 0.25) is 5.02 Å². The molecular formula is C21H22ClN3O6. The van der Waals surface area contributed by atoms with Gasteiger partial charge in [0, 0.05) is 18.7 Å². The van der Waals surface area contributed by atoms with E-state index in [9.17, 15) is 9.59 Å². The molecule has 1 N–H and O–H groups in total. The second-order valence-corrected chi connectivity index (χ2v) is 7.55. The fraction of sp³-hybridized carbons (Fsp3) is 0.381. The van der Waals surface area contributed by atoms with Crippen molar-refractivity contribution < 1.29 is 28.5 Å². The molecule has 9 nitrogen and oxygen atoms in total. The maximum absolute atomic E-state index is 12.5. The van der Waals surface area contributed by atoms with Gasteiger partial charge >= 0.3 is 6.09 Å². The number of hydrogen-bond acceptors (Lipinski definition) is 7. The maximum Gasteiger partial charge on any atom is 0.414 e. The minimum absolute atomic E-state index is 0.0887. The third-order valence-electron chi connectivity index (χ3n) is 4.97. The summed E-state index contributed by atoms with van der Waals surface area (Å²) in [7, 11) is 1.56. The smallest absolute Gasteiger partial charge is 0.414 e. The van der Waals surface area contributed by atoms with Crippen LogP contribution in [0, 0.1) is 0 Å². The number of rotatable bonds is 7. The van der Waals surface area contributed by atoms with Gasteiger partial charge in [-0.05, 0) is 18.2 Å². The van der Waals surface area contributed by atoms with Crippen LogP contribution in [0.1, 0.15) is 16.8 Å². The largest absolute Gasteiger partial charge is 0.497 e. The van der Waals surface area contributed by atoms with Crippen molar-refractivity contribution in [2.45, 2.75) is 18.6 Å². The van der Waals surface area contributed by atoms with Gasteiger partial charge in [-0.25, -0.2) is 9.78 Å². The number of carbonyl (C=O) groups excluding carboxylic acids is 2. The quantitative estimate of drug-likeness (QED) is 0.696. The first-order valence-electron chi connectivity index (χ1n) is 9.84. The number of carbonyl (C=O) groups is 2. The Morgan fingerprint density at radius 3 is 3.00 bits per heavy atom. The minimum atomic E-state index is -0.490. The first-order chi connectivity index (χ1) is 15.0. The molecule has 10 heteroatoms. The fourth-order valence-corrected chi connectivity index (χ4v) is 3.54. The van der Waals surface area contributed by atoms with Gasteiger partial charge < -0.3 is 24.3 Å². The number of nitrogens with zero attached hydrogens (tertiary/aromatic N) is 2. The van der Waals surface area contributed by atoms with Crippen molar-refractivity contribution in [1.82, 2.24) is 10.3 Å². The summed E-state index contributed by atoms with van der Waals surface area (Å²) in [6.07, 6.45) is 1.11. The van der Waals surface area contributed by atoms with Crippen LogP contribution in [0.5, 0.6) is 11.6 Å². The number of anilines is 1. The van der Waals surface area contributed by atoms with Crippen molar-refractivity contribution in [3.8, 4) is 11.6 Å². The van der Waals surface area contributed by atoms with Crippen LogP contribution in [0.4, 0.5) is 10.5 Å². The Balaban J connectivity index is 1.32. The van der Waals surface area contributed by atoms with Gasteiger partial charge in [-0.3, -0.25) is 9.69 Å². The van der Waals surface area contributed by atoms with Crippen LogP contribution in [0.3, 0.4) is 0 Å². The molecule has 164 valence electrons. The predicted octanol–water partition coefficient (Wildman–Crippen LogP) is 2.67. The SMILES string of the molecule is COc1cccc(N2CC(CNC(=O)c3cnc(OC4CCOC4)c(Cl)c3)OC2=O)c1. The molecule has 2 unspecified atom stereocenters. The van der Waals surface area contributed by atoms with Crippen molar-refractivity contribution in [1.29, 1.82) is 0 Å². The van der Waals surface area contributed by atoms with Gasteiger partial charge in [-0.15, -0.1) is 0 Å². The average Bonchev–Trinajstić information content (AvgIpc) is 3.43. The molecule has 3 heterocycles. The summed E-state index contributed by atoms with van der Waals surface area (Å²) in [4.78, 5) is 30.4. The summed E-state index contributed by atoms with van der Waals surface area (Å²) < 4.78 is 21.5. The molecule has 0 spiro atoms. The Hall–Kier alpha value is -3.04. The van der Waals surface area contributed by atoms with E-state index in [4.69, 9.17) is 30.5 Å². The number of halogens is 1. The zero-order valence-corrected chi connectivity index (χ0v) is 17.6. The highest BCUT2D eigenvalue weighted by molar-refractivity contribution is 6.32. The number of benzene rings is 1. The van der Waals surface area contributed by atoms with E-state index in [1.54, 1.807) is 31.4 Å². The van der Waals surface area contributed by atoms with Gasteiger partial charge in [0.25, 0.3) is 5.91 Å². The Labute approximate surface area is 184 Å². The van der Waals surface area contributed by atoms with Gasteiger partial charge in [0.15, 0.2) is 0 Å². The molecule has 2 amide bonds. The molecule has 1 aromatic heterocycles. The molecule has 0 aliphatic carbocycles. The van der Waals surface area contributed by atoms with Gasteiger partial charge in [0.05, 0.1) is 44.7 Å². The normalized spacial score (nSPS) is 20.5. The lowest BCUT2D eigenvalue weighted by molar-refractivity contribution is 0.0915. The average molecular weight is 448 g/mol. The van der Waals surface area contributed by atoms with E-state index in [-0.39, 0.29) is 35.0 Å². The molecule has 0 saturated carbocycles. The van der Waals surface area contributed by atoms with E-state index < -0.39 is 12.2 Å². The second-order valence-electron chi connectivity index (χ2n) is 7.14. The Morgan fingerprint density at radius 2 is 2.26 bits per heavy atom. The Kier molecular flexibility index (Phi) is 6.43. The number of ether oxygens (including phenoxy) is 4. The molecule has 31 heavy (non-hydrogen) atoms. The zero-order chi connectivity index (χ0) is 21.8. The van der Waals surface area contributed by atoms with E-state index in [0.29, 0.717) is 31.2 Å². The van der Waals surface area contributed by atoms with Crippen LogP contribution >= 0.6 is 11.6 Å². The summed E-state index contributed by atoms with van der Waals surface area (Å²) in [5.74, 6) is 0.535. The van der Waals surface area contributed by atoms with Crippen LogP contribution in [0.15, 0.2) is 36.5 Å². The molecule has 2 aliphatic heterocycles. The van der Waals surface area contributed by atoms with Crippen molar-refractivity contribution in [3.05, 3.63) is 47.1 Å². The number of methoxy groups -OCH3 is 1. The monoisotopic (exact) mass is 447 g/mol. The maximum atomic E-state index is 12.5. The van der Waals surface area contributed by atoms with Gasteiger partial charge in [-0.1, -0.05) is 17.7 Å². The second kappa shape index (κ2) is 9.40. The molecule has 2 aliphatic rings. The number of amides is 2. The Bertz CT molecular complexity index is 966. The predicted molar refractivity (Wildman–Crippen MR) is 112 cm³/mol. The zero-order valence-electron chi connectivity index (χ0n) is 16.9. The minimum Gasteiger partial charge on any atom is -0.497 e. The highest BCUT2D eigenvalue weighted by Gasteiger charge is 2.32. The van der Waals surface area contributed by atoms with Crippen molar-refractivity contribution in [3.63, 3.8) is 0 Å². The third-order valence-corrected chi connectivity index (χ3v) is 5.24. The van der Waals surface area contributed by atoms with E-state index in [1.165, 1.54) is 17.2 Å². The van der Waals surface area contributed by atoms with Gasteiger partial charge in [0.1, 0.15) is 23.0 Å². The number of nitrogens with one attached hydrogen (secondary N) is 1. The van der Waals surface area contributed by atoms with Gasteiger partial charge in [0.2, 0.25) is 5.88 Å². The van der Waals surface area contributed by atoms with Crippen LogP contribution < -0.4 is 19.7 Å². The van der Waals surface area contributed by atoms with E-state index in [2.05, 4.69) is 10.3 Å². The molecule has 2 saturated heterocycles. The summed E-state index contributed by atoms with van der Waals surface area (Å²) in [6.45, 7) is 1.60. The van der Waals surface area contributed by atoms with E-state index in [1.807, 2.05) is 0 Å². The highest BCUT2D eigenvalue weighted by Crippen LogP contribution is 2.26. The van der Waals surface area contributed by atoms with Gasteiger partial charge in [-0.2, -0.15) is 0 Å². The summed E-state index contributed by atoms with van der Waals surface area (Å²) in [6, 6.07) is 8.62.